The number of benzene rings is 2. The second kappa shape index (κ2) is 8.69. The van der Waals surface area contributed by atoms with Gasteiger partial charge >= 0.3 is 5.91 Å². The minimum Gasteiger partial charge on any atom is -0.497 e. The molecule has 2 aromatic carbocycles. The molecule has 0 atom stereocenters. The van der Waals surface area contributed by atoms with Crippen LogP contribution in [0.25, 0.3) is 11.3 Å². The van der Waals surface area contributed by atoms with Crippen molar-refractivity contribution in [1.82, 2.24) is 15.0 Å². The molecule has 0 aliphatic carbocycles. The number of carbonyl (C=O) groups excluding carboxylic acids is 1. The molecule has 7 nitrogen and oxygen atoms in total. The first kappa shape index (κ1) is 19.6. The van der Waals surface area contributed by atoms with Gasteiger partial charge in [0.05, 0.1) is 26.5 Å². The lowest BCUT2D eigenvalue weighted by molar-refractivity contribution is 0.0730. The Balaban J connectivity index is 1.80. The highest BCUT2D eigenvalue weighted by atomic mass is 35.5. The number of nitrogens with two attached hydrogens (primary N) is 1. The zero-order valence-electron chi connectivity index (χ0n) is 15.4. The zero-order valence-corrected chi connectivity index (χ0v) is 16.2. The lowest BCUT2D eigenvalue weighted by Crippen LogP contribution is -2.37. The van der Waals surface area contributed by atoms with E-state index < -0.39 is 5.91 Å². The van der Waals surface area contributed by atoms with Crippen molar-refractivity contribution in [2.75, 3.05) is 14.2 Å². The first-order valence-corrected chi connectivity index (χ1v) is 8.75. The summed E-state index contributed by atoms with van der Waals surface area (Å²) in [6.45, 7) is 0.140. The number of carbonyl (C=O) groups is 1. The summed E-state index contributed by atoms with van der Waals surface area (Å²) in [6.07, 6.45) is 1.52. The van der Waals surface area contributed by atoms with Crippen molar-refractivity contribution in [3.8, 4) is 22.8 Å². The Bertz CT molecular complexity index is 957. The largest absolute Gasteiger partial charge is 0.497 e. The maximum Gasteiger partial charge on any atom is 0.305 e. The zero-order chi connectivity index (χ0) is 20.1. The average Bonchev–Trinajstić information content (AvgIpc) is 2.73. The molecule has 1 heterocycles. The second-order valence-electron chi connectivity index (χ2n) is 5.93. The molecule has 0 spiro atoms. The molecule has 144 valence electrons. The molecule has 3 aromatic rings. The van der Waals surface area contributed by atoms with Crippen molar-refractivity contribution >= 4 is 17.5 Å². The van der Waals surface area contributed by atoms with Gasteiger partial charge in [-0.3, -0.25) is 9.80 Å². The Labute approximate surface area is 167 Å². The molecule has 3 rings (SSSR count). The number of rotatable bonds is 6. The topological polar surface area (TPSA) is 90.6 Å². The molecule has 0 aliphatic heterocycles. The first-order valence-electron chi connectivity index (χ1n) is 8.37. The van der Waals surface area contributed by atoms with Crippen molar-refractivity contribution in [3.63, 3.8) is 0 Å². The Morgan fingerprint density at radius 3 is 2.32 bits per heavy atom. The minimum atomic E-state index is -0.502. The normalized spacial score (nSPS) is 10.4. The van der Waals surface area contributed by atoms with E-state index >= 15 is 0 Å². The summed E-state index contributed by atoms with van der Waals surface area (Å²) < 4.78 is 10.5. The maximum atomic E-state index is 12.7. The summed E-state index contributed by atoms with van der Waals surface area (Å²) in [7, 11) is 3.11. The van der Waals surface area contributed by atoms with Gasteiger partial charge in [0, 0.05) is 22.8 Å². The highest BCUT2D eigenvalue weighted by Crippen LogP contribution is 2.23. The van der Waals surface area contributed by atoms with Gasteiger partial charge in [0.15, 0.2) is 0 Å². The lowest BCUT2D eigenvalue weighted by atomic mass is 10.1. The molecule has 8 heteroatoms. The van der Waals surface area contributed by atoms with Gasteiger partial charge in [-0.25, -0.2) is 15.8 Å². The monoisotopic (exact) mass is 398 g/mol. The number of hydrogen-bond donors (Lipinski definition) is 1. The molecule has 0 unspecified atom stereocenters. The van der Waals surface area contributed by atoms with Gasteiger partial charge < -0.3 is 9.47 Å². The molecule has 0 saturated carbocycles. The van der Waals surface area contributed by atoms with Crippen molar-refractivity contribution < 1.29 is 14.3 Å². The van der Waals surface area contributed by atoms with Crippen molar-refractivity contribution in [2.24, 2.45) is 5.84 Å². The minimum absolute atomic E-state index is 0.00445. The van der Waals surface area contributed by atoms with E-state index in [0.717, 1.165) is 16.1 Å². The molecule has 0 aliphatic rings. The number of nitrogens with zero attached hydrogens (tertiary/aromatic N) is 3. The molecule has 0 radical (unpaired) electrons. The van der Waals surface area contributed by atoms with E-state index in [2.05, 4.69) is 9.97 Å². The SMILES string of the molecule is COc1cc(CN(N)C(=O)c2nccc(-c3ccc(Cl)cc3)n2)cc(OC)c1. The van der Waals surface area contributed by atoms with Crippen LogP contribution in [-0.2, 0) is 6.54 Å². The Morgan fingerprint density at radius 1 is 1.07 bits per heavy atom. The quantitative estimate of drug-likeness (QED) is 0.389. The summed E-state index contributed by atoms with van der Waals surface area (Å²) in [5.74, 6) is 6.70. The Kier molecular flexibility index (Phi) is 6.08. The van der Waals surface area contributed by atoms with Crippen LogP contribution in [0.3, 0.4) is 0 Å². The highest BCUT2D eigenvalue weighted by molar-refractivity contribution is 6.30. The first-order chi connectivity index (χ1) is 13.5. The standard InChI is InChI=1S/C20H19ClN4O3/c1-27-16-9-13(10-17(11-16)28-2)12-25(22)20(26)19-23-8-7-18(24-19)14-3-5-15(21)6-4-14/h3-11H,12,22H2,1-2H3. The molecule has 0 bridgehead atoms. The summed E-state index contributed by atoms with van der Waals surface area (Å²) in [6, 6.07) is 14.2. The van der Waals surface area contributed by atoms with Gasteiger partial charge in [-0.2, -0.15) is 0 Å². The smallest absolute Gasteiger partial charge is 0.305 e. The fraction of sp³-hybridized carbons (Fsp3) is 0.150. The third-order valence-corrected chi connectivity index (χ3v) is 4.26. The van der Waals surface area contributed by atoms with Crippen LogP contribution in [0.1, 0.15) is 16.2 Å². The summed E-state index contributed by atoms with van der Waals surface area (Å²) in [5, 5.41) is 1.67. The van der Waals surface area contributed by atoms with Gasteiger partial charge in [-0.05, 0) is 35.9 Å². The molecule has 2 N–H and O–H groups in total. The Hall–Kier alpha value is -3.16. The van der Waals surface area contributed by atoms with E-state index in [0.29, 0.717) is 22.2 Å². The van der Waals surface area contributed by atoms with E-state index in [4.69, 9.17) is 26.9 Å². The third kappa shape index (κ3) is 4.57. The molecule has 0 fully saturated rings. The molecule has 1 amide bonds. The number of methoxy groups -OCH3 is 2. The van der Waals surface area contributed by atoms with Crippen molar-refractivity contribution in [2.45, 2.75) is 6.54 Å². The third-order valence-electron chi connectivity index (χ3n) is 4.01. The van der Waals surface area contributed by atoms with Crippen LogP contribution < -0.4 is 15.3 Å². The molecule has 28 heavy (non-hydrogen) atoms. The van der Waals surface area contributed by atoms with E-state index in [9.17, 15) is 4.79 Å². The van der Waals surface area contributed by atoms with Crippen LogP contribution in [0.5, 0.6) is 11.5 Å². The number of halogens is 1. The van der Waals surface area contributed by atoms with E-state index in [1.165, 1.54) is 6.20 Å². The predicted molar refractivity (Wildman–Crippen MR) is 106 cm³/mol. The van der Waals surface area contributed by atoms with Crippen LogP contribution >= 0.6 is 11.6 Å². The van der Waals surface area contributed by atoms with Gasteiger partial charge in [-0.1, -0.05) is 23.7 Å². The summed E-state index contributed by atoms with van der Waals surface area (Å²) in [5.41, 5.74) is 2.18. The number of aromatic nitrogens is 2. The summed E-state index contributed by atoms with van der Waals surface area (Å²) in [4.78, 5) is 21.1. The van der Waals surface area contributed by atoms with Crippen molar-refractivity contribution in [3.05, 3.63) is 71.1 Å². The molecule has 1 aromatic heterocycles. The number of amides is 1. The summed E-state index contributed by atoms with van der Waals surface area (Å²) >= 11 is 5.91. The van der Waals surface area contributed by atoms with Crippen LogP contribution in [0.2, 0.25) is 5.02 Å². The number of hydrazine groups is 1. The Morgan fingerprint density at radius 2 is 1.71 bits per heavy atom. The molecular weight excluding hydrogens is 380 g/mol. The molecule has 0 saturated heterocycles. The van der Waals surface area contributed by atoms with Gasteiger partial charge in [0.2, 0.25) is 5.82 Å². The van der Waals surface area contributed by atoms with Crippen LogP contribution in [0.4, 0.5) is 0 Å². The molecular formula is C20H19ClN4O3. The lowest BCUT2D eigenvalue weighted by Gasteiger charge is -2.17. The average molecular weight is 399 g/mol. The van der Waals surface area contributed by atoms with E-state index in [1.807, 2.05) is 12.1 Å². The maximum absolute atomic E-state index is 12.7. The van der Waals surface area contributed by atoms with Crippen LogP contribution in [-0.4, -0.2) is 35.1 Å². The van der Waals surface area contributed by atoms with E-state index in [1.54, 1.807) is 50.6 Å². The fourth-order valence-corrected chi connectivity index (χ4v) is 2.72. The second-order valence-corrected chi connectivity index (χ2v) is 6.36. The van der Waals surface area contributed by atoms with Crippen LogP contribution in [0.15, 0.2) is 54.7 Å². The highest BCUT2D eigenvalue weighted by Gasteiger charge is 2.17. The number of hydrogen-bond acceptors (Lipinski definition) is 6. The van der Waals surface area contributed by atoms with Gasteiger partial charge in [0.25, 0.3) is 0 Å². The fourth-order valence-electron chi connectivity index (χ4n) is 2.60. The van der Waals surface area contributed by atoms with Crippen molar-refractivity contribution in [1.29, 1.82) is 0 Å². The van der Waals surface area contributed by atoms with Gasteiger partial charge in [0.1, 0.15) is 11.5 Å². The van der Waals surface area contributed by atoms with Crippen LogP contribution in [0, 0.1) is 0 Å². The predicted octanol–water partition coefficient (Wildman–Crippen LogP) is 3.33. The van der Waals surface area contributed by atoms with E-state index in [-0.39, 0.29) is 12.4 Å². The van der Waals surface area contributed by atoms with Gasteiger partial charge in [-0.15, -0.1) is 0 Å². The number of ether oxygens (including phenoxy) is 2.